The van der Waals surface area contributed by atoms with Crippen molar-refractivity contribution in [2.24, 2.45) is 0 Å². The molecule has 0 heterocycles. The minimum absolute atomic E-state index is 0.171. The van der Waals surface area contributed by atoms with E-state index in [2.05, 4.69) is 36.5 Å². The molecule has 19 heavy (non-hydrogen) atoms. The van der Waals surface area contributed by atoms with Gasteiger partial charge in [0.1, 0.15) is 0 Å². The summed E-state index contributed by atoms with van der Waals surface area (Å²) in [6, 6.07) is 9.18. The molecule has 0 aliphatic heterocycles. The van der Waals surface area contributed by atoms with Crippen LogP contribution < -0.4 is 5.32 Å². The van der Waals surface area contributed by atoms with Crippen molar-refractivity contribution in [3.63, 3.8) is 0 Å². The Morgan fingerprint density at radius 1 is 1.26 bits per heavy atom. The number of amides is 1. The van der Waals surface area contributed by atoms with Crippen LogP contribution in [0.15, 0.2) is 24.3 Å². The highest BCUT2D eigenvalue weighted by Gasteiger charge is 2.21. The van der Waals surface area contributed by atoms with Crippen LogP contribution >= 0.6 is 0 Å². The first kappa shape index (κ1) is 14.1. The smallest absolute Gasteiger partial charge is 0.236 e. The zero-order valence-corrected chi connectivity index (χ0v) is 12.0. The summed E-state index contributed by atoms with van der Waals surface area (Å²) in [6.07, 6.45) is 4.73. The van der Waals surface area contributed by atoms with E-state index in [1.165, 1.54) is 30.4 Å². The molecule has 1 fully saturated rings. The number of likely N-dealkylation sites (N-methyl/N-ethyl adjacent to an activating group) is 1. The van der Waals surface area contributed by atoms with Crippen LogP contribution in [0.4, 0.5) is 0 Å². The highest BCUT2D eigenvalue weighted by molar-refractivity contribution is 5.78. The quantitative estimate of drug-likeness (QED) is 0.816. The standard InChI is InChI=1S/C16H24N2O/c1-3-4-13-5-7-14(8-6-13)12-18(2)16(19)11-17-15-9-10-15/h5-8,15,17H,3-4,9-12H2,1-2H3. The Bertz CT molecular complexity index is 409. The normalized spacial score (nSPS) is 14.4. The predicted octanol–water partition coefficient (Wildman–Crippen LogP) is 2.35. The summed E-state index contributed by atoms with van der Waals surface area (Å²) < 4.78 is 0. The molecule has 1 saturated carbocycles. The Balaban J connectivity index is 1.79. The highest BCUT2D eigenvalue weighted by Crippen LogP contribution is 2.18. The summed E-state index contributed by atoms with van der Waals surface area (Å²) in [6.45, 7) is 3.35. The Morgan fingerprint density at radius 2 is 1.89 bits per heavy atom. The zero-order valence-electron chi connectivity index (χ0n) is 12.0. The van der Waals surface area contributed by atoms with Crippen molar-refractivity contribution < 1.29 is 4.79 Å². The third kappa shape index (κ3) is 4.67. The second kappa shape index (κ2) is 6.71. The summed E-state index contributed by atoms with van der Waals surface area (Å²) in [5, 5.41) is 3.26. The van der Waals surface area contributed by atoms with Gasteiger partial charge in [-0.25, -0.2) is 0 Å². The van der Waals surface area contributed by atoms with Gasteiger partial charge in [0.15, 0.2) is 0 Å². The minimum Gasteiger partial charge on any atom is -0.340 e. The molecule has 1 N–H and O–H groups in total. The van der Waals surface area contributed by atoms with Crippen LogP contribution in [0.3, 0.4) is 0 Å². The molecule has 3 heteroatoms. The molecule has 1 aromatic rings. The summed E-state index contributed by atoms with van der Waals surface area (Å²) >= 11 is 0. The van der Waals surface area contributed by atoms with Gasteiger partial charge in [-0.15, -0.1) is 0 Å². The van der Waals surface area contributed by atoms with Crippen LogP contribution in [-0.2, 0) is 17.8 Å². The molecule has 1 aliphatic rings. The van der Waals surface area contributed by atoms with Gasteiger partial charge in [-0.05, 0) is 30.4 Å². The predicted molar refractivity (Wildman–Crippen MR) is 77.9 cm³/mol. The van der Waals surface area contributed by atoms with Crippen LogP contribution in [0.2, 0.25) is 0 Å². The Labute approximate surface area is 116 Å². The van der Waals surface area contributed by atoms with Gasteiger partial charge in [0.05, 0.1) is 6.54 Å². The first-order valence-corrected chi connectivity index (χ1v) is 7.24. The van der Waals surface area contributed by atoms with Gasteiger partial charge < -0.3 is 10.2 Å². The van der Waals surface area contributed by atoms with E-state index in [9.17, 15) is 4.79 Å². The number of hydrogen-bond acceptors (Lipinski definition) is 2. The molecule has 0 atom stereocenters. The fraction of sp³-hybridized carbons (Fsp3) is 0.562. The van der Waals surface area contributed by atoms with E-state index in [0.29, 0.717) is 19.1 Å². The summed E-state index contributed by atoms with van der Waals surface area (Å²) in [4.78, 5) is 13.7. The molecule has 104 valence electrons. The zero-order chi connectivity index (χ0) is 13.7. The van der Waals surface area contributed by atoms with Crippen molar-refractivity contribution in [2.45, 2.75) is 45.2 Å². The van der Waals surface area contributed by atoms with Gasteiger partial charge in [0.25, 0.3) is 0 Å². The van der Waals surface area contributed by atoms with Crippen LogP contribution in [0.1, 0.15) is 37.3 Å². The number of nitrogens with one attached hydrogen (secondary N) is 1. The molecule has 2 rings (SSSR count). The highest BCUT2D eigenvalue weighted by atomic mass is 16.2. The van der Waals surface area contributed by atoms with E-state index < -0.39 is 0 Å². The third-order valence-corrected chi connectivity index (χ3v) is 3.53. The Morgan fingerprint density at radius 3 is 2.47 bits per heavy atom. The number of nitrogens with zero attached hydrogens (tertiary/aromatic N) is 1. The van der Waals surface area contributed by atoms with E-state index in [1.54, 1.807) is 4.90 Å². The SMILES string of the molecule is CCCc1ccc(CN(C)C(=O)CNC2CC2)cc1. The van der Waals surface area contributed by atoms with Crippen LogP contribution in [-0.4, -0.2) is 30.4 Å². The van der Waals surface area contributed by atoms with E-state index >= 15 is 0 Å². The van der Waals surface area contributed by atoms with Gasteiger partial charge in [-0.2, -0.15) is 0 Å². The van der Waals surface area contributed by atoms with Crippen LogP contribution in [0.25, 0.3) is 0 Å². The third-order valence-electron chi connectivity index (χ3n) is 3.53. The maximum Gasteiger partial charge on any atom is 0.236 e. The molecule has 0 saturated heterocycles. The van der Waals surface area contributed by atoms with Crippen LogP contribution in [0.5, 0.6) is 0 Å². The van der Waals surface area contributed by atoms with E-state index in [0.717, 1.165) is 6.42 Å². The van der Waals surface area contributed by atoms with Crippen molar-refractivity contribution in [3.8, 4) is 0 Å². The number of hydrogen-bond donors (Lipinski definition) is 1. The van der Waals surface area contributed by atoms with Gasteiger partial charge in [0, 0.05) is 19.6 Å². The fourth-order valence-corrected chi connectivity index (χ4v) is 2.12. The first-order chi connectivity index (χ1) is 9.19. The van der Waals surface area contributed by atoms with Gasteiger partial charge >= 0.3 is 0 Å². The van der Waals surface area contributed by atoms with E-state index in [4.69, 9.17) is 0 Å². The average Bonchev–Trinajstić information content (AvgIpc) is 3.22. The fourth-order valence-electron chi connectivity index (χ4n) is 2.12. The molecule has 1 aliphatic carbocycles. The van der Waals surface area contributed by atoms with E-state index in [-0.39, 0.29) is 5.91 Å². The minimum atomic E-state index is 0.171. The van der Waals surface area contributed by atoms with Crippen molar-refractivity contribution in [1.29, 1.82) is 0 Å². The Kier molecular flexibility index (Phi) is 4.97. The van der Waals surface area contributed by atoms with E-state index in [1.807, 2.05) is 7.05 Å². The van der Waals surface area contributed by atoms with Gasteiger partial charge in [-0.3, -0.25) is 4.79 Å². The lowest BCUT2D eigenvalue weighted by Crippen LogP contribution is -2.35. The monoisotopic (exact) mass is 260 g/mol. The molecule has 1 aromatic carbocycles. The van der Waals surface area contributed by atoms with Gasteiger partial charge in [0.2, 0.25) is 5.91 Å². The van der Waals surface area contributed by atoms with Crippen molar-refractivity contribution in [1.82, 2.24) is 10.2 Å². The average molecular weight is 260 g/mol. The van der Waals surface area contributed by atoms with Gasteiger partial charge in [-0.1, -0.05) is 37.6 Å². The van der Waals surface area contributed by atoms with Crippen molar-refractivity contribution in [2.75, 3.05) is 13.6 Å². The molecular weight excluding hydrogens is 236 g/mol. The molecule has 1 amide bonds. The maximum atomic E-state index is 11.9. The lowest BCUT2D eigenvalue weighted by atomic mass is 10.1. The summed E-state index contributed by atoms with van der Waals surface area (Å²) in [5.74, 6) is 0.171. The number of benzene rings is 1. The van der Waals surface area contributed by atoms with Crippen molar-refractivity contribution in [3.05, 3.63) is 35.4 Å². The second-order valence-corrected chi connectivity index (χ2v) is 5.47. The maximum absolute atomic E-state index is 11.9. The first-order valence-electron chi connectivity index (χ1n) is 7.24. The Hall–Kier alpha value is -1.35. The second-order valence-electron chi connectivity index (χ2n) is 5.47. The molecule has 0 bridgehead atoms. The molecule has 0 unspecified atom stereocenters. The topological polar surface area (TPSA) is 32.3 Å². The molecule has 0 radical (unpaired) electrons. The van der Waals surface area contributed by atoms with Crippen molar-refractivity contribution >= 4 is 5.91 Å². The number of carbonyl (C=O) groups is 1. The lowest BCUT2D eigenvalue weighted by molar-refractivity contribution is -0.129. The van der Waals surface area contributed by atoms with Crippen LogP contribution in [0, 0.1) is 0 Å². The molecule has 3 nitrogen and oxygen atoms in total. The molecule has 0 spiro atoms. The largest absolute Gasteiger partial charge is 0.340 e. The number of carbonyl (C=O) groups excluding carboxylic acids is 1. The molecule has 0 aromatic heterocycles. The summed E-state index contributed by atoms with van der Waals surface area (Å²) in [7, 11) is 1.87. The molecular formula is C16H24N2O. The summed E-state index contributed by atoms with van der Waals surface area (Å²) in [5.41, 5.74) is 2.57. The number of rotatable bonds is 7. The number of aryl methyl sites for hydroxylation is 1. The lowest BCUT2D eigenvalue weighted by Gasteiger charge is -2.17.